The summed E-state index contributed by atoms with van der Waals surface area (Å²) in [5.74, 6) is 4.00. The summed E-state index contributed by atoms with van der Waals surface area (Å²) in [6.07, 6.45) is 5.20. The van der Waals surface area contributed by atoms with Crippen LogP contribution in [0.1, 0.15) is 43.7 Å². The van der Waals surface area contributed by atoms with E-state index in [1.165, 1.54) is 41.9 Å². The molecule has 1 aromatic carbocycles. The molecule has 1 aliphatic heterocycles. The van der Waals surface area contributed by atoms with Gasteiger partial charge in [-0.1, -0.05) is 13.3 Å². The molecule has 0 aliphatic carbocycles. The van der Waals surface area contributed by atoms with Crippen molar-refractivity contribution in [3.05, 3.63) is 23.3 Å². The van der Waals surface area contributed by atoms with Gasteiger partial charge in [0.05, 0.1) is 6.61 Å². The third-order valence-electron chi connectivity index (χ3n) is 3.66. The molecule has 0 atom stereocenters. The van der Waals surface area contributed by atoms with Crippen LogP contribution in [0.25, 0.3) is 0 Å². The minimum Gasteiger partial charge on any atom is -0.493 e. The fourth-order valence-corrected chi connectivity index (χ4v) is 5.33. The van der Waals surface area contributed by atoms with Crippen molar-refractivity contribution < 1.29 is 4.74 Å². The predicted molar refractivity (Wildman–Crippen MR) is 82.5 cm³/mol. The van der Waals surface area contributed by atoms with E-state index in [1.807, 2.05) is 0 Å². The lowest BCUT2D eigenvalue weighted by molar-refractivity contribution is 0.305. The Hall–Kier alpha value is -0.630. The highest BCUT2D eigenvalue weighted by Gasteiger charge is 2.15. The van der Waals surface area contributed by atoms with Crippen molar-refractivity contribution in [3.63, 3.8) is 0 Å². The third kappa shape index (κ3) is 3.23. The molecule has 102 valence electrons. The number of hydrogen-bond donors (Lipinski definition) is 1. The summed E-state index contributed by atoms with van der Waals surface area (Å²) in [5.41, 5.74) is 2.66. The zero-order valence-corrected chi connectivity index (χ0v) is 12.9. The molecular weight excluding hydrogens is 240 g/mol. The number of ether oxygens (including phenoxy) is 1. The minimum atomic E-state index is 0.143. The van der Waals surface area contributed by atoms with Gasteiger partial charge >= 0.3 is 0 Å². The van der Waals surface area contributed by atoms with Gasteiger partial charge in [0.15, 0.2) is 0 Å². The van der Waals surface area contributed by atoms with Crippen LogP contribution in [0.3, 0.4) is 0 Å². The monoisotopic (exact) mass is 266 g/mol. The van der Waals surface area contributed by atoms with Crippen LogP contribution in [0.4, 0.5) is 0 Å². The molecule has 0 bridgehead atoms. The Morgan fingerprint density at radius 1 is 1.11 bits per heavy atom. The van der Waals surface area contributed by atoms with Crippen molar-refractivity contribution in [2.75, 3.05) is 18.1 Å². The number of hydrogen-bond acceptors (Lipinski definition) is 1. The molecule has 1 fully saturated rings. The van der Waals surface area contributed by atoms with Crippen molar-refractivity contribution in [3.8, 4) is 5.75 Å². The van der Waals surface area contributed by atoms with E-state index in [9.17, 15) is 0 Å². The molecule has 0 saturated carbocycles. The Balaban J connectivity index is 2.12. The Morgan fingerprint density at radius 3 is 2.28 bits per heavy atom. The average Bonchev–Trinajstić information content (AvgIpc) is 2.86. The first-order valence-electron chi connectivity index (χ1n) is 7.21. The van der Waals surface area contributed by atoms with Crippen LogP contribution in [0, 0.1) is 13.8 Å². The van der Waals surface area contributed by atoms with Gasteiger partial charge in [-0.3, -0.25) is 0 Å². The third-order valence-corrected chi connectivity index (χ3v) is 6.36. The first-order valence-corrected chi connectivity index (χ1v) is 8.92. The molecule has 0 N–H and O–H groups in total. The van der Waals surface area contributed by atoms with E-state index in [1.54, 1.807) is 4.90 Å². The van der Waals surface area contributed by atoms with Crippen molar-refractivity contribution >= 4 is 10.9 Å². The molecular formula is C16H26OS. The van der Waals surface area contributed by atoms with Gasteiger partial charge in [0, 0.05) is 0 Å². The lowest BCUT2D eigenvalue weighted by Crippen LogP contribution is -2.01. The van der Waals surface area contributed by atoms with Crippen LogP contribution in [0.2, 0.25) is 0 Å². The zero-order chi connectivity index (χ0) is 13.0. The highest BCUT2D eigenvalue weighted by Crippen LogP contribution is 2.44. The first kappa shape index (κ1) is 13.8. The smallest absolute Gasteiger partial charge is 0.125 e. The average molecular weight is 266 g/mol. The van der Waals surface area contributed by atoms with Gasteiger partial charge in [0.1, 0.15) is 5.75 Å². The normalized spacial score (nSPS) is 17.2. The number of benzene rings is 1. The maximum Gasteiger partial charge on any atom is 0.125 e. The standard InChI is InChI=1S/C16H26OS/c1-4-5-8-17-16-13(2)11-15(12-14(16)3)18-9-6-7-10-18/h11-12,18H,4-10H2,1-3H3. The van der Waals surface area contributed by atoms with Crippen LogP contribution < -0.4 is 4.74 Å². The van der Waals surface area contributed by atoms with E-state index in [2.05, 4.69) is 32.9 Å². The molecule has 18 heavy (non-hydrogen) atoms. The van der Waals surface area contributed by atoms with Crippen LogP contribution in [0.15, 0.2) is 17.0 Å². The molecule has 1 aliphatic rings. The van der Waals surface area contributed by atoms with E-state index < -0.39 is 0 Å². The number of aryl methyl sites for hydroxylation is 2. The highest BCUT2D eigenvalue weighted by molar-refractivity contribution is 8.17. The van der Waals surface area contributed by atoms with Gasteiger partial charge in [0.25, 0.3) is 0 Å². The summed E-state index contributed by atoms with van der Waals surface area (Å²) in [4.78, 5) is 1.60. The van der Waals surface area contributed by atoms with Gasteiger partial charge in [-0.2, -0.15) is 0 Å². The van der Waals surface area contributed by atoms with Gasteiger partial charge < -0.3 is 4.74 Å². The Bertz CT molecular complexity index is 371. The van der Waals surface area contributed by atoms with Gasteiger partial charge in [-0.25, -0.2) is 10.9 Å². The second-order valence-corrected chi connectivity index (χ2v) is 7.80. The van der Waals surface area contributed by atoms with E-state index in [0.29, 0.717) is 0 Å². The lowest BCUT2D eigenvalue weighted by atomic mass is 10.1. The molecule has 2 rings (SSSR count). The second-order valence-electron chi connectivity index (χ2n) is 5.30. The van der Waals surface area contributed by atoms with Crippen molar-refractivity contribution in [2.45, 2.75) is 51.3 Å². The van der Waals surface area contributed by atoms with Gasteiger partial charge in [-0.05, 0) is 72.8 Å². The molecule has 1 saturated heterocycles. The van der Waals surface area contributed by atoms with Crippen LogP contribution in [0.5, 0.6) is 5.75 Å². The molecule has 1 aromatic rings. The van der Waals surface area contributed by atoms with Crippen LogP contribution >= 0.6 is 10.9 Å². The molecule has 0 unspecified atom stereocenters. The van der Waals surface area contributed by atoms with Crippen molar-refractivity contribution in [1.82, 2.24) is 0 Å². The summed E-state index contributed by atoms with van der Waals surface area (Å²) in [6, 6.07) is 4.76. The molecule has 0 spiro atoms. The maximum absolute atomic E-state index is 5.93. The summed E-state index contributed by atoms with van der Waals surface area (Å²) in [5, 5.41) is 0. The quantitative estimate of drug-likeness (QED) is 0.603. The SMILES string of the molecule is CCCCOc1c(C)cc([SH]2CCCC2)cc1C. The zero-order valence-electron chi connectivity index (χ0n) is 12.0. The summed E-state index contributed by atoms with van der Waals surface area (Å²) in [7, 11) is 0.143. The minimum absolute atomic E-state index is 0.143. The number of unbranched alkanes of at least 4 members (excludes halogenated alkanes) is 1. The van der Waals surface area contributed by atoms with E-state index in [-0.39, 0.29) is 10.9 Å². The maximum atomic E-state index is 5.93. The summed E-state index contributed by atoms with van der Waals surface area (Å²) >= 11 is 0. The van der Waals surface area contributed by atoms with E-state index >= 15 is 0 Å². The van der Waals surface area contributed by atoms with E-state index in [0.717, 1.165) is 18.8 Å². The largest absolute Gasteiger partial charge is 0.493 e. The van der Waals surface area contributed by atoms with E-state index in [4.69, 9.17) is 4.74 Å². The van der Waals surface area contributed by atoms with Gasteiger partial charge in [-0.15, -0.1) is 0 Å². The number of rotatable bonds is 5. The Morgan fingerprint density at radius 2 is 1.72 bits per heavy atom. The summed E-state index contributed by atoms with van der Waals surface area (Å²) in [6.45, 7) is 7.45. The summed E-state index contributed by atoms with van der Waals surface area (Å²) < 4.78 is 5.93. The molecule has 2 heteroatoms. The lowest BCUT2D eigenvalue weighted by Gasteiger charge is -2.19. The van der Waals surface area contributed by atoms with Gasteiger partial charge in [0.2, 0.25) is 0 Å². The Kier molecular flexibility index (Phi) is 4.99. The first-order chi connectivity index (χ1) is 8.72. The molecule has 0 radical (unpaired) electrons. The van der Waals surface area contributed by atoms with Crippen LogP contribution in [-0.2, 0) is 0 Å². The van der Waals surface area contributed by atoms with Crippen molar-refractivity contribution in [2.24, 2.45) is 0 Å². The Labute approximate surface area is 114 Å². The van der Waals surface area contributed by atoms with Crippen molar-refractivity contribution in [1.29, 1.82) is 0 Å². The molecule has 0 aromatic heterocycles. The fourth-order valence-electron chi connectivity index (χ4n) is 2.63. The second kappa shape index (κ2) is 6.51. The number of thiol groups is 1. The molecule has 1 heterocycles. The van der Waals surface area contributed by atoms with Crippen LogP contribution in [-0.4, -0.2) is 18.1 Å². The molecule has 0 amide bonds. The topological polar surface area (TPSA) is 9.23 Å². The fraction of sp³-hybridized carbons (Fsp3) is 0.625. The predicted octanol–water partition coefficient (Wildman–Crippen LogP) is 4.64. The highest BCUT2D eigenvalue weighted by atomic mass is 32.2. The molecule has 1 nitrogen and oxygen atoms in total.